The van der Waals surface area contributed by atoms with Crippen LogP contribution in [0.5, 0.6) is 0 Å². The summed E-state index contributed by atoms with van der Waals surface area (Å²) >= 11 is 0. The van der Waals surface area contributed by atoms with Crippen LogP contribution in [0.25, 0.3) is 10.8 Å². The van der Waals surface area contributed by atoms with E-state index in [1.165, 1.54) is 16.3 Å². The van der Waals surface area contributed by atoms with Crippen molar-refractivity contribution in [3.8, 4) is 0 Å². The van der Waals surface area contributed by atoms with Gasteiger partial charge in [-0.15, -0.1) is 0 Å². The van der Waals surface area contributed by atoms with E-state index < -0.39 is 5.97 Å². The number of benzene rings is 2. The molecule has 2 aromatic carbocycles. The highest BCUT2D eigenvalue weighted by molar-refractivity contribution is 5.85. The Morgan fingerprint density at radius 1 is 1.07 bits per heavy atom. The van der Waals surface area contributed by atoms with Gasteiger partial charge in [0.1, 0.15) is 0 Å². The van der Waals surface area contributed by atoms with Gasteiger partial charge in [-0.1, -0.05) is 42.5 Å². The summed E-state index contributed by atoms with van der Waals surface area (Å²) in [7, 11) is 0. The molecule has 0 aliphatic rings. The summed E-state index contributed by atoms with van der Waals surface area (Å²) in [5.74, 6) is -0.833. The molecule has 0 bridgehead atoms. The van der Waals surface area contributed by atoms with Crippen LogP contribution < -0.4 is 0 Å². The smallest absolute Gasteiger partial charge is 0.300 e. The van der Waals surface area contributed by atoms with Crippen molar-refractivity contribution in [2.45, 2.75) is 13.8 Å². The van der Waals surface area contributed by atoms with Crippen molar-refractivity contribution in [2.75, 3.05) is 0 Å². The van der Waals surface area contributed by atoms with Crippen LogP contribution in [0.15, 0.2) is 42.5 Å². The van der Waals surface area contributed by atoms with Crippen molar-refractivity contribution in [3.05, 3.63) is 48.0 Å². The minimum absolute atomic E-state index is 0.833. The van der Waals surface area contributed by atoms with Gasteiger partial charge < -0.3 is 5.11 Å². The van der Waals surface area contributed by atoms with E-state index in [4.69, 9.17) is 9.90 Å². The number of aryl methyl sites for hydroxylation is 1. The van der Waals surface area contributed by atoms with E-state index in [1.54, 1.807) is 0 Å². The highest BCUT2D eigenvalue weighted by Gasteiger charge is 1.92. The first-order valence-corrected chi connectivity index (χ1v) is 4.75. The predicted molar refractivity (Wildman–Crippen MR) is 62.0 cm³/mol. The largest absolute Gasteiger partial charge is 0.481 e. The maximum atomic E-state index is 9.00. The summed E-state index contributed by atoms with van der Waals surface area (Å²) in [6.45, 7) is 3.22. The molecular weight excluding hydrogens is 188 g/mol. The van der Waals surface area contributed by atoms with Gasteiger partial charge in [0.25, 0.3) is 5.97 Å². The molecule has 0 aliphatic heterocycles. The molecule has 2 rings (SSSR count). The number of carbonyl (C=O) groups is 1. The van der Waals surface area contributed by atoms with Crippen molar-refractivity contribution < 1.29 is 9.90 Å². The molecule has 0 atom stereocenters. The van der Waals surface area contributed by atoms with Crippen LogP contribution in [-0.2, 0) is 4.79 Å². The first-order chi connectivity index (χ1) is 7.11. The van der Waals surface area contributed by atoms with Crippen molar-refractivity contribution in [3.63, 3.8) is 0 Å². The average Bonchev–Trinajstić information content (AvgIpc) is 2.18. The third-order valence-corrected chi connectivity index (χ3v) is 2.01. The van der Waals surface area contributed by atoms with Crippen molar-refractivity contribution in [1.29, 1.82) is 0 Å². The zero-order valence-electron chi connectivity index (χ0n) is 8.90. The Labute approximate surface area is 89.2 Å². The lowest BCUT2D eigenvalue weighted by atomic mass is 10.1. The fourth-order valence-electron chi connectivity index (χ4n) is 1.39. The molecule has 15 heavy (non-hydrogen) atoms. The lowest BCUT2D eigenvalue weighted by molar-refractivity contribution is -0.134. The molecule has 0 amide bonds. The molecule has 0 aliphatic carbocycles. The highest BCUT2D eigenvalue weighted by Crippen LogP contribution is 2.16. The Morgan fingerprint density at radius 3 is 2.20 bits per heavy atom. The molecule has 78 valence electrons. The van der Waals surface area contributed by atoms with Gasteiger partial charge in [0, 0.05) is 6.92 Å². The third kappa shape index (κ3) is 3.43. The van der Waals surface area contributed by atoms with E-state index in [1.807, 2.05) is 0 Å². The molecule has 0 saturated heterocycles. The van der Waals surface area contributed by atoms with Crippen LogP contribution >= 0.6 is 0 Å². The van der Waals surface area contributed by atoms with E-state index in [0.717, 1.165) is 6.92 Å². The van der Waals surface area contributed by atoms with E-state index in [9.17, 15) is 0 Å². The molecular formula is C13H14O2. The van der Waals surface area contributed by atoms with Gasteiger partial charge in [-0.3, -0.25) is 4.79 Å². The zero-order chi connectivity index (χ0) is 11.3. The summed E-state index contributed by atoms with van der Waals surface area (Å²) in [4.78, 5) is 9.00. The quantitative estimate of drug-likeness (QED) is 0.712. The van der Waals surface area contributed by atoms with Crippen molar-refractivity contribution in [1.82, 2.24) is 0 Å². The lowest BCUT2D eigenvalue weighted by Crippen LogP contribution is -1.78. The molecule has 1 N–H and O–H groups in total. The Bertz CT molecular complexity index is 452. The number of fused-ring (bicyclic) bond motifs is 1. The molecule has 0 spiro atoms. The number of hydrogen-bond acceptors (Lipinski definition) is 1. The van der Waals surface area contributed by atoms with Crippen LogP contribution in [-0.4, -0.2) is 11.1 Å². The number of rotatable bonds is 0. The predicted octanol–water partition coefficient (Wildman–Crippen LogP) is 3.24. The van der Waals surface area contributed by atoms with E-state index in [0.29, 0.717) is 0 Å². The topological polar surface area (TPSA) is 37.3 Å². The van der Waals surface area contributed by atoms with E-state index in [2.05, 4.69) is 49.4 Å². The van der Waals surface area contributed by atoms with Gasteiger partial charge in [0.2, 0.25) is 0 Å². The van der Waals surface area contributed by atoms with Crippen LogP contribution in [0.1, 0.15) is 12.5 Å². The normalized spacial score (nSPS) is 9.20. The van der Waals surface area contributed by atoms with Crippen LogP contribution in [0, 0.1) is 6.92 Å². The molecule has 0 heterocycles. The second-order valence-corrected chi connectivity index (χ2v) is 3.32. The highest BCUT2D eigenvalue weighted by atomic mass is 16.4. The first kappa shape index (κ1) is 11.2. The monoisotopic (exact) mass is 202 g/mol. The first-order valence-electron chi connectivity index (χ1n) is 4.75. The van der Waals surface area contributed by atoms with Gasteiger partial charge in [-0.05, 0) is 23.3 Å². The second-order valence-electron chi connectivity index (χ2n) is 3.32. The summed E-state index contributed by atoms with van der Waals surface area (Å²) < 4.78 is 0. The fraction of sp³-hybridized carbons (Fsp3) is 0.154. The van der Waals surface area contributed by atoms with Crippen molar-refractivity contribution in [2.24, 2.45) is 0 Å². The maximum Gasteiger partial charge on any atom is 0.300 e. The van der Waals surface area contributed by atoms with Gasteiger partial charge in [-0.25, -0.2) is 0 Å². The van der Waals surface area contributed by atoms with Gasteiger partial charge >= 0.3 is 0 Å². The lowest BCUT2D eigenvalue weighted by Gasteiger charge is -1.98. The van der Waals surface area contributed by atoms with Gasteiger partial charge in [-0.2, -0.15) is 0 Å². The molecule has 2 aromatic rings. The van der Waals surface area contributed by atoms with Crippen LogP contribution in [0.4, 0.5) is 0 Å². The van der Waals surface area contributed by atoms with Crippen LogP contribution in [0.3, 0.4) is 0 Å². The molecule has 0 radical (unpaired) electrons. The Balaban J connectivity index is 0.000000245. The van der Waals surface area contributed by atoms with Crippen LogP contribution in [0.2, 0.25) is 0 Å². The summed E-state index contributed by atoms with van der Waals surface area (Å²) in [6, 6.07) is 14.8. The standard InChI is InChI=1S/C11H10.C2H4O2/c1-9-5-4-7-10-6-2-3-8-11(9)10;1-2(3)4/h2-8H,1H3;1H3,(H,3,4). The maximum absolute atomic E-state index is 9.00. The fourth-order valence-corrected chi connectivity index (χ4v) is 1.39. The Kier molecular flexibility index (Phi) is 3.86. The molecule has 0 aromatic heterocycles. The number of aliphatic carboxylic acids is 1. The Hall–Kier alpha value is -1.83. The number of hydrogen-bond donors (Lipinski definition) is 1. The molecule has 2 nitrogen and oxygen atoms in total. The average molecular weight is 202 g/mol. The number of carboxylic acid groups (broad SMARTS) is 1. The molecule has 0 unspecified atom stereocenters. The summed E-state index contributed by atoms with van der Waals surface area (Å²) in [5, 5.41) is 10.1. The zero-order valence-corrected chi connectivity index (χ0v) is 8.90. The SMILES string of the molecule is CC(=O)O.Cc1cccc2ccccc12. The Morgan fingerprint density at radius 2 is 1.60 bits per heavy atom. The van der Waals surface area contributed by atoms with Crippen molar-refractivity contribution >= 4 is 16.7 Å². The van der Waals surface area contributed by atoms with Gasteiger partial charge in [0.05, 0.1) is 0 Å². The molecule has 0 fully saturated rings. The van der Waals surface area contributed by atoms with Gasteiger partial charge in [0.15, 0.2) is 0 Å². The molecule has 2 heteroatoms. The number of carboxylic acids is 1. The minimum Gasteiger partial charge on any atom is -0.481 e. The second kappa shape index (κ2) is 5.15. The van der Waals surface area contributed by atoms with E-state index >= 15 is 0 Å². The minimum atomic E-state index is -0.833. The van der Waals surface area contributed by atoms with E-state index in [-0.39, 0.29) is 0 Å². The summed E-state index contributed by atoms with van der Waals surface area (Å²) in [5.41, 5.74) is 1.35. The third-order valence-electron chi connectivity index (χ3n) is 2.01. The molecule has 0 saturated carbocycles. The summed E-state index contributed by atoms with van der Waals surface area (Å²) in [6.07, 6.45) is 0.